The number of methoxy groups -OCH3 is 1. The number of hydrogen-bond acceptors (Lipinski definition) is 4. The first kappa shape index (κ1) is 17.3. The summed E-state index contributed by atoms with van der Waals surface area (Å²) in [7, 11) is 3.47. The zero-order valence-electron chi connectivity index (χ0n) is 13.9. The Hall–Kier alpha value is -2.08. The van der Waals surface area contributed by atoms with E-state index in [2.05, 4.69) is 39.0 Å². The van der Waals surface area contributed by atoms with E-state index in [-0.39, 0.29) is 0 Å². The van der Waals surface area contributed by atoms with Crippen LogP contribution in [0.25, 0.3) is 0 Å². The number of rotatable bonds is 7. The lowest BCUT2D eigenvalue weighted by Gasteiger charge is -2.12. The molecule has 0 radical (unpaired) electrons. The van der Waals surface area contributed by atoms with Crippen molar-refractivity contribution in [1.82, 2.24) is 15.6 Å². The van der Waals surface area contributed by atoms with Crippen LogP contribution in [0.15, 0.2) is 34.6 Å². The third-order valence-electron chi connectivity index (χ3n) is 3.44. The van der Waals surface area contributed by atoms with Gasteiger partial charge < -0.3 is 15.4 Å². The van der Waals surface area contributed by atoms with Gasteiger partial charge in [-0.1, -0.05) is 25.1 Å². The molecule has 0 saturated carbocycles. The third kappa shape index (κ3) is 5.25. The third-order valence-corrected chi connectivity index (χ3v) is 4.48. The molecule has 0 saturated heterocycles. The number of nitrogens with zero attached hydrogens (tertiary/aromatic N) is 2. The van der Waals surface area contributed by atoms with Gasteiger partial charge in [-0.15, -0.1) is 11.3 Å². The summed E-state index contributed by atoms with van der Waals surface area (Å²) < 4.78 is 5.37. The van der Waals surface area contributed by atoms with Crippen LogP contribution in [0.5, 0.6) is 5.75 Å². The van der Waals surface area contributed by atoms with Crippen LogP contribution >= 0.6 is 11.3 Å². The van der Waals surface area contributed by atoms with Crippen molar-refractivity contribution in [2.75, 3.05) is 20.7 Å². The molecule has 2 aromatic rings. The van der Waals surface area contributed by atoms with Crippen molar-refractivity contribution in [3.8, 4) is 5.75 Å². The summed E-state index contributed by atoms with van der Waals surface area (Å²) in [6.45, 7) is 3.59. The molecule has 0 fully saturated rings. The predicted molar refractivity (Wildman–Crippen MR) is 96.4 cm³/mol. The van der Waals surface area contributed by atoms with E-state index in [1.807, 2.05) is 18.2 Å². The van der Waals surface area contributed by atoms with Crippen molar-refractivity contribution in [3.05, 3.63) is 45.9 Å². The average molecular weight is 332 g/mol. The maximum atomic E-state index is 5.37. The molecule has 23 heavy (non-hydrogen) atoms. The van der Waals surface area contributed by atoms with E-state index in [0.717, 1.165) is 36.8 Å². The Bertz CT molecular complexity index is 639. The molecule has 0 aliphatic carbocycles. The minimum atomic E-state index is 0.685. The lowest BCUT2D eigenvalue weighted by Crippen LogP contribution is -2.37. The summed E-state index contributed by atoms with van der Waals surface area (Å²) in [6.07, 6.45) is 1.86. The Morgan fingerprint density at radius 1 is 1.30 bits per heavy atom. The Labute approximate surface area is 141 Å². The second-order valence-electron chi connectivity index (χ2n) is 5.00. The average Bonchev–Trinajstić information content (AvgIpc) is 3.06. The lowest BCUT2D eigenvalue weighted by molar-refractivity contribution is 0.409. The highest BCUT2D eigenvalue weighted by atomic mass is 32.1. The lowest BCUT2D eigenvalue weighted by atomic mass is 10.1. The van der Waals surface area contributed by atoms with Crippen molar-refractivity contribution >= 4 is 17.3 Å². The van der Waals surface area contributed by atoms with Gasteiger partial charge in [0.25, 0.3) is 0 Å². The first-order valence-corrected chi connectivity index (χ1v) is 8.64. The summed E-state index contributed by atoms with van der Waals surface area (Å²) >= 11 is 1.70. The van der Waals surface area contributed by atoms with Crippen molar-refractivity contribution in [2.24, 2.45) is 4.99 Å². The fourth-order valence-electron chi connectivity index (χ4n) is 2.21. The van der Waals surface area contributed by atoms with Gasteiger partial charge in [-0.3, -0.25) is 4.99 Å². The van der Waals surface area contributed by atoms with Gasteiger partial charge in [-0.25, -0.2) is 4.98 Å². The van der Waals surface area contributed by atoms with E-state index in [1.54, 1.807) is 25.5 Å². The molecule has 6 heteroatoms. The number of aliphatic imine (C=N–C) groups is 1. The van der Waals surface area contributed by atoms with E-state index in [0.29, 0.717) is 6.54 Å². The summed E-state index contributed by atoms with van der Waals surface area (Å²) in [5.74, 6) is 1.71. The van der Waals surface area contributed by atoms with E-state index in [1.165, 1.54) is 10.6 Å². The van der Waals surface area contributed by atoms with Crippen molar-refractivity contribution in [3.63, 3.8) is 0 Å². The fourth-order valence-corrected chi connectivity index (χ4v) is 2.96. The van der Waals surface area contributed by atoms with Crippen molar-refractivity contribution < 1.29 is 4.74 Å². The van der Waals surface area contributed by atoms with Gasteiger partial charge in [0.05, 0.1) is 24.4 Å². The second kappa shape index (κ2) is 9.15. The van der Waals surface area contributed by atoms with Crippen LogP contribution in [0.2, 0.25) is 0 Å². The number of benzene rings is 1. The quantitative estimate of drug-likeness (QED) is 0.604. The number of hydrogen-bond donors (Lipinski definition) is 2. The minimum Gasteiger partial charge on any atom is -0.496 e. The van der Waals surface area contributed by atoms with Crippen LogP contribution in [-0.4, -0.2) is 31.6 Å². The smallest absolute Gasteiger partial charge is 0.191 e. The number of para-hydroxylation sites is 1. The minimum absolute atomic E-state index is 0.685. The highest BCUT2D eigenvalue weighted by molar-refractivity contribution is 7.09. The maximum absolute atomic E-state index is 5.37. The monoisotopic (exact) mass is 332 g/mol. The number of aromatic nitrogens is 1. The van der Waals surface area contributed by atoms with E-state index >= 15 is 0 Å². The van der Waals surface area contributed by atoms with Crippen molar-refractivity contribution in [1.29, 1.82) is 0 Å². The molecule has 1 heterocycles. The topological polar surface area (TPSA) is 58.5 Å². The van der Waals surface area contributed by atoms with Gasteiger partial charge in [-0.2, -0.15) is 0 Å². The summed E-state index contributed by atoms with van der Waals surface area (Å²) in [5, 5.41) is 9.87. The van der Waals surface area contributed by atoms with Crippen LogP contribution in [-0.2, 0) is 19.4 Å². The van der Waals surface area contributed by atoms with Crippen LogP contribution in [0.4, 0.5) is 0 Å². The first-order valence-electron chi connectivity index (χ1n) is 7.76. The molecule has 0 amide bonds. The van der Waals surface area contributed by atoms with E-state index in [4.69, 9.17) is 4.74 Å². The molecule has 0 aliphatic heterocycles. The Morgan fingerprint density at radius 3 is 2.83 bits per heavy atom. The molecule has 0 unspecified atom stereocenters. The second-order valence-corrected chi connectivity index (χ2v) is 5.94. The van der Waals surface area contributed by atoms with Crippen molar-refractivity contribution in [2.45, 2.75) is 26.3 Å². The zero-order valence-corrected chi connectivity index (χ0v) is 14.7. The number of nitrogens with one attached hydrogen (secondary N) is 2. The zero-order chi connectivity index (χ0) is 16.5. The molecule has 2 N–H and O–H groups in total. The number of ether oxygens (including phenoxy) is 1. The molecule has 0 aliphatic rings. The summed E-state index contributed by atoms with van der Waals surface area (Å²) in [6, 6.07) is 8.07. The van der Waals surface area contributed by atoms with Gasteiger partial charge in [0.15, 0.2) is 5.96 Å². The molecule has 0 bridgehead atoms. The molecule has 0 spiro atoms. The Kier molecular flexibility index (Phi) is 6.87. The molecule has 124 valence electrons. The SMILES string of the molecule is CCc1nc(CNC(=NC)NCCc2ccccc2OC)cs1. The van der Waals surface area contributed by atoms with Crippen LogP contribution in [0.3, 0.4) is 0 Å². The standard InChI is InChI=1S/C17H24N4OS/c1-4-16-21-14(12-23-16)11-20-17(18-2)19-10-9-13-7-5-6-8-15(13)22-3/h5-8,12H,4,9-11H2,1-3H3,(H2,18,19,20). The number of guanidine groups is 1. The molecule has 1 aromatic carbocycles. The predicted octanol–water partition coefficient (Wildman–Crippen LogP) is 2.62. The summed E-state index contributed by atoms with van der Waals surface area (Å²) in [4.78, 5) is 8.78. The maximum Gasteiger partial charge on any atom is 0.191 e. The molecule has 0 atom stereocenters. The van der Waals surface area contributed by atoms with Crippen LogP contribution in [0, 0.1) is 0 Å². The van der Waals surface area contributed by atoms with E-state index in [9.17, 15) is 0 Å². The molecular formula is C17H24N4OS. The molecule has 2 rings (SSSR count). The first-order chi connectivity index (χ1) is 11.3. The number of aryl methyl sites for hydroxylation is 1. The van der Waals surface area contributed by atoms with Gasteiger partial charge in [0.1, 0.15) is 5.75 Å². The van der Waals surface area contributed by atoms with Gasteiger partial charge in [-0.05, 0) is 24.5 Å². The van der Waals surface area contributed by atoms with Crippen LogP contribution < -0.4 is 15.4 Å². The molecule has 1 aromatic heterocycles. The van der Waals surface area contributed by atoms with E-state index < -0.39 is 0 Å². The van der Waals surface area contributed by atoms with Crippen LogP contribution in [0.1, 0.15) is 23.2 Å². The summed E-state index contributed by atoms with van der Waals surface area (Å²) in [5.41, 5.74) is 2.24. The highest BCUT2D eigenvalue weighted by Crippen LogP contribution is 2.17. The van der Waals surface area contributed by atoms with Gasteiger partial charge >= 0.3 is 0 Å². The normalized spacial score (nSPS) is 11.3. The Morgan fingerprint density at radius 2 is 2.13 bits per heavy atom. The Balaban J connectivity index is 1.79. The highest BCUT2D eigenvalue weighted by Gasteiger charge is 2.04. The fraction of sp³-hybridized carbons (Fsp3) is 0.412. The number of thiazole rings is 1. The van der Waals surface area contributed by atoms with Gasteiger partial charge in [0, 0.05) is 19.0 Å². The van der Waals surface area contributed by atoms with Gasteiger partial charge in [0.2, 0.25) is 0 Å². The largest absolute Gasteiger partial charge is 0.496 e. The molecule has 5 nitrogen and oxygen atoms in total. The molecular weight excluding hydrogens is 308 g/mol.